The number of rotatable bonds is 4. The third-order valence-electron chi connectivity index (χ3n) is 5.66. The van der Waals surface area contributed by atoms with Crippen molar-refractivity contribution in [2.75, 3.05) is 19.7 Å². The van der Waals surface area contributed by atoms with E-state index in [1.54, 1.807) is 23.1 Å². The number of urea groups is 1. The van der Waals surface area contributed by atoms with Gasteiger partial charge in [-0.1, -0.05) is 11.6 Å². The van der Waals surface area contributed by atoms with Crippen LogP contribution >= 0.6 is 11.6 Å². The van der Waals surface area contributed by atoms with E-state index in [2.05, 4.69) is 4.99 Å². The monoisotopic (exact) mass is 445 g/mol. The van der Waals surface area contributed by atoms with Crippen LogP contribution in [0.3, 0.4) is 0 Å². The second-order valence-corrected chi connectivity index (χ2v) is 8.14. The van der Waals surface area contributed by atoms with Gasteiger partial charge in [-0.25, -0.2) is 9.18 Å². The SMILES string of the molecule is Cc1cc(Cl)ccc1OCC(=O)N1CCC(N2C(=O)N=C3C=CC(F)=CC3C2=O)CC1. The molecule has 0 radical (unpaired) electrons. The van der Waals surface area contributed by atoms with E-state index in [0.717, 1.165) is 10.5 Å². The van der Waals surface area contributed by atoms with Crippen molar-refractivity contribution in [3.63, 3.8) is 0 Å². The highest BCUT2D eigenvalue weighted by Gasteiger charge is 2.41. The Kier molecular flexibility index (Phi) is 5.91. The highest BCUT2D eigenvalue weighted by atomic mass is 35.5. The van der Waals surface area contributed by atoms with Crippen molar-refractivity contribution in [3.8, 4) is 5.75 Å². The third kappa shape index (κ3) is 4.39. The predicted octanol–water partition coefficient (Wildman–Crippen LogP) is 3.46. The van der Waals surface area contributed by atoms with Gasteiger partial charge in [0.05, 0.1) is 5.71 Å². The number of amides is 4. The fourth-order valence-electron chi connectivity index (χ4n) is 4.00. The van der Waals surface area contributed by atoms with Crippen LogP contribution in [0.25, 0.3) is 0 Å². The van der Waals surface area contributed by atoms with Gasteiger partial charge in [0, 0.05) is 24.2 Å². The van der Waals surface area contributed by atoms with E-state index in [0.29, 0.717) is 36.7 Å². The molecule has 0 N–H and O–H groups in total. The molecule has 9 heteroatoms. The van der Waals surface area contributed by atoms with Crippen LogP contribution in [0.5, 0.6) is 5.75 Å². The lowest BCUT2D eigenvalue weighted by Gasteiger charge is -2.39. The zero-order valence-electron chi connectivity index (χ0n) is 16.9. The summed E-state index contributed by atoms with van der Waals surface area (Å²) in [4.78, 5) is 44.5. The summed E-state index contributed by atoms with van der Waals surface area (Å²) in [5.74, 6) is -1.46. The first kappa shape index (κ1) is 21.2. The Hall–Kier alpha value is -3.00. The van der Waals surface area contributed by atoms with Crippen LogP contribution in [0.1, 0.15) is 18.4 Å². The number of benzene rings is 1. The molecule has 4 rings (SSSR count). The number of fused-ring (bicyclic) bond motifs is 1. The van der Waals surface area contributed by atoms with Gasteiger partial charge in [-0.15, -0.1) is 0 Å². The Morgan fingerprint density at radius 2 is 2.00 bits per heavy atom. The van der Waals surface area contributed by atoms with Crippen LogP contribution in [0.15, 0.2) is 47.2 Å². The summed E-state index contributed by atoms with van der Waals surface area (Å²) >= 11 is 5.93. The van der Waals surface area contributed by atoms with E-state index < -0.39 is 23.7 Å². The molecule has 1 aromatic carbocycles. The first-order chi connectivity index (χ1) is 14.8. The van der Waals surface area contributed by atoms with Crippen LogP contribution in [0, 0.1) is 12.8 Å². The molecule has 1 saturated heterocycles. The number of carbonyl (C=O) groups excluding carboxylic acids is 3. The molecule has 2 heterocycles. The average molecular weight is 446 g/mol. The van der Waals surface area contributed by atoms with Gasteiger partial charge in [-0.2, -0.15) is 4.99 Å². The van der Waals surface area contributed by atoms with Gasteiger partial charge in [-0.05, 0) is 61.8 Å². The van der Waals surface area contributed by atoms with E-state index in [1.165, 1.54) is 18.2 Å². The van der Waals surface area contributed by atoms with Gasteiger partial charge < -0.3 is 9.64 Å². The van der Waals surface area contributed by atoms with Crippen LogP contribution in [0.2, 0.25) is 5.02 Å². The minimum absolute atomic E-state index is 0.110. The van der Waals surface area contributed by atoms with Crippen molar-refractivity contribution in [1.29, 1.82) is 0 Å². The van der Waals surface area contributed by atoms with E-state index in [9.17, 15) is 18.8 Å². The molecule has 1 aliphatic carbocycles. The number of aryl methyl sites for hydroxylation is 1. The fourth-order valence-corrected chi connectivity index (χ4v) is 4.22. The number of halogens is 2. The number of likely N-dealkylation sites (tertiary alicyclic amines) is 1. The summed E-state index contributed by atoms with van der Waals surface area (Å²) < 4.78 is 19.2. The number of hydrogen-bond donors (Lipinski definition) is 0. The molecule has 162 valence electrons. The molecule has 1 aromatic rings. The van der Waals surface area contributed by atoms with Crippen molar-refractivity contribution in [3.05, 3.63) is 52.8 Å². The maximum absolute atomic E-state index is 13.6. The molecular formula is C22H21ClFN3O4. The number of piperidine rings is 1. The maximum Gasteiger partial charge on any atom is 0.350 e. The summed E-state index contributed by atoms with van der Waals surface area (Å²) in [5.41, 5.74) is 1.10. The highest BCUT2D eigenvalue weighted by molar-refractivity contribution is 6.30. The van der Waals surface area contributed by atoms with Crippen LogP contribution in [-0.4, -0.2) is 59.1 Å². The van der Waals surface area contributed by atoms with E-state index >= 15 is 0 Å². The summed E-state index contributed by atoms with van der Waals surface area (Å²) in [6.45, 7) is 2.51. The molecule has 31 heavy (non-hydrogen) atoms. The Labute approximate surface area is 183 Å². The van der Waals surface area contributed by atoms with Crippen molar-refractivity contribution in [1.82, 2.24) is 9.80 Å². The first-order valence-electron chi connectivity index (χ1n) is 10.0. The molecule has 1 atom stereocenters. The van der Waals surface area contributed by atoms with Crippen molar-refractivity contribution in [2.24, 2.45) is 10.9 Å². The molecule has 4 amide bonds. The van der Waals surface area contributed by atoms with Gasteiger partial charge >= 0.3 is 6.03 Å². The third-order valence-corrected chi connectivity index (χ3v) is 5.90. The van der Waals surface area contributed by atoms with Crippen molar-refractivity contribution in [2.45, 2.75) is 25.8 Å². The highest BCUT2D eigenvalue weighted by Crippen LogP contribution is 2.28. The molecule has 1 fully saturated rings. The minimum Gasteiger partial charge on any atom is -0.483 e. The zero-order valence-corrected chi connectivity index (χ0v) is 17.6. The van der Waals surface area contributed by atoms with Crippen LogP contribution in [0.4, 0.5) is 9.18 Å². The van der Waals surface area contributed by atoms with Gasteiger partial charge in [0.15, 0.2) is 6.61 Å². The van der Waals surface area contributed by atoms with Gasteiger partial charge in [0.25, 0.3) is 5.91 Å². The molecular weight excluding hydrogens is 425 g/mol. The van der Waals surface area contributed by atoms with Crippen LogP contribution < -0.4 is 4.74 Å². The summed E-state index contributed by atoms with van der Waals surface area (Å²) in [5, 5.41) is 0.596. The van der Waals surface area contributed by atoms with E-state index in [4.69, 9.17) is 16.3 Å². The molecule has 0 bridgehead atoms. The number of imide groups is 1. The number of allylic oxidation sites excluding steroid dienone is 3. The molecule has 0 aromatic heterocycles. The topological polar surface area (TPSA) is 79.3 Å². The smallest absolute Gasteiger partial charge is 0.350 e. The lowest BCUT2D eigenvalue weighted by molar-refractivity contribution is -0.136. The largest absolute Gasteiger partial charge is 0.483 e. The maximum atomic E-state index is 13.6. The minimum atomic E-state index is -0.877. The Balaban J connectivity index is 1.34. The Morgan fingerprint density at radius 3 is 2.71 bits per heavy atom. The number of carbonyl (C=O) groups is 3. The molecule has 3 aliphatic rings. The predicted molar refractivity (Wildman–Crippen MR) is 113 cm³/mol. The Bertz CT molecular complexity index is 1030. The lowest BCUT2D eigenvalue weighted by atomic mass is 9.92. The summed E-state index contributed by atoms with van der Waals surface area (Å²) in [6, 6.07) is 4.16. The standard InChI is InChI=1S/C22H21ClFN3O4/c1-13-10-14(23)2-5-19(13)31-12-20(28)26-8-6-16(7-9-26)27-21(29)17-11-15(24)3-4-18(17)25-22(27)30/h2-5,10-11,16-17H,6-9,12H2,1H3. The molecule has 0 saturated carbocycles. The average Bonchev–Trinajstić information content (AvgIpc) is 2.74. The number of hydrogen-bond acceptors (Lipinski definition) is 4. The van der Waals surface area contributed by atoms with Gasteiger partial charge in [0.2, 0.25) is 5.91 Å². The van der Waals surface area contributed by atoms with E-state index in [-0.39, 0.29) is 24.3 Å². The fraction of sp³-hybridized carbons (Fsp3) is 0.364. The summed E-state index contributed by atoms with van der Waals surface area (Å²) in [7, 11) is 0. The normalized spacial score (nSPS) is 21.6. The first-order valence-corrected chi connectivity index (χ1v) is 10.4. The number of ether oxygens (including phenoxy) is 1. The zero-order chi connectivity index (χ0) is 22.1. The van der Waals surface area contributed by atoms with E-state index in [1.807, 2.05) is 6.92 Å². The van der Waals surface area contributed by atoms with Gasteiger partial charge in [0.1, 0.15) is 17.5 Å². The van der Waals surface area contributed by atoms with Crippen LogP contribution in [-0.2, 0) is 9.59 Å². The molecule has 1 unspecified atom stereocenters. The number of nitrogens with zero attached hydrogens (tertiary/aromatic N) is 3. The summed E-state index contributed by atoms with van der Waals surface area (Å²) in [6.07, 6.45) is 4.58. The molecule has 7 nitrogen and oxygen atoms in total. The lowest BCUT2D eigenvalue weighted by Crippen LogP contribution is -2.55. The molecule has 2 aliphatic heterocycles. The Morgan fingerprint density at radius 1 is 1.26 bits per heavy atom. The quantitative estimate of drug-likeness (QED) is 0.711. The molecule has 0 spiro atoms. The van der Waals surface area contributed by atoms with Gasteiger partial charge in [-0.3, -0.25) is 14.5 Å². The van der Waals surface area contributed by atoms with Crippen molar-refractivity contribution >= 4 is 35.2 Å². The number of aliphatic imine (C=N–C) groups is 1. The van der Waals surface area contributed by atoms with Crippen molar-refractivity contribution < 1.29 is 23.5 Å². The second kappa shape index (κ2) is 8.63. The second-order valence-electron chi connectivity index (χ2n) is 7.70.